The van der Waals surface area contributed by atoms with Gasteiger partial charge in [-0.1, -0.05) is 39.0 Å². The minimum absolute atomic E-state index is 0. The number of halogens is 1. The quantitative estimate of drug-likeness (QED) is 0.841. The lowest BCUT2D eigenvalue weighted by Crippen LogP contribution is -2.49. The highest BCUT2D eigenvalue weighted by atomic mass is 35.5. The number of aryl methyl sites for hydroxylation is 1. The summed E-state index contributed by atoms with van der Waals surface area (Å²) in [6, 6.07) is 8.15. The van der Waals surface area contributed by atoms with Crippen molar-refractivity contribution in [3.05, 3.63) is 48.0 Å². The number of carbonyl (C=O) groups excluding carboxylic acids is 1. The highest BCUT2D eigenvalue weighted by molar-refractivity contribution is 5.93. The maximum Gasteiger partial charge on any atom is 0.238 e. The van der Waals surface area contributed by atoms with E-state index in [9.17, 15) is 4.79 Å². The van der Waals surface area contributed by atoms with Crippen molar-refractivity contribution >= 4 is 24.0 Å². The van der Waals surface area contributed by atoms with Crippen LogP contribution in [0.15, 0.2) is 36.7 Å². The van der Waals surface area contributed by atoms with E-state index in [1.54, 1.807) is 0 Å². The molecule has 148 valence electrons. The monoisotopic (exact) mass is 391 g/mol. The molecule has 1 saturated heterocycles. The molecular weight excluding hydrogens is 362 g/mol. The number of nitrogens with zero attached hydrogens (tertiary/aromatic N) is 3. The average molecular weight is 392 g/mol. The van der Waals surface area contributed by atoms with Crippen LogP contribution < -0.4 is 10.6 Å². The molecule has 0 aliphatic carbocycles. The van der Waals surface area contributed by atoms with Gasteiger partial charge in [-0.25, -0.2) is 4.98 Å². The summed E-state index contributed by atoms with van der Waals surface area (Å²) in [7, 11) is 1.99. The SMILES string of the molecule is Cl.Cn1ccnc1C1CNCCN1CC(=O)Nc1ccccc1C(C)(C)C. The van der Waals surface area contributed by atoms with Crippen LogP contribution in [-0.4, -0.2) is 46.5 Å². The first-order chi connectivity index (χ1) is 12.4. The molecule has 27 heavy (non-hydrogen) atoms. The van der Waals surface area contributed by atoms with Gasteiger partial charge in [-0.15, -0.1) is 12.4 Å². The lowest BCUT2D eigenvalue weighted by molar-refractivity contribution is -0.118. The first-order valence-electron chi connectivity index (χ1n) is 9.17. The van der Waals surface area contributed by atoms with Crippen LogP contribution in [0.2, 0.25) is 0 Å². The third kappa shape index (κ3) is 5.09. The summed E-state index contributed by atoms with van der Waals surface area (Å²) in [5.74, 6) is 1.00. The van der Waals surface area contributed by atoms with Crippen LogP contribution >= 0.6 is 12.4 Å². The normalized spacial score (nSPS) is 18.0. The number of hydrogen-bond donors (Lipinski definition) is 2. The summed E-state index contributed by atoms with van der Waals surface area (Å²) >= 11 is 0. The molecule has 1 aliphatic heterocycles. The van der Waals surface area contributed by atoms with Crippen LogP contribution in [0.5, 0.6) is 0 Å². The van der Waals surface area contributed by atoms with Gasteiger partial charge in [0.2, 0.25) is 5.91 Å². The molecule has 1 amide bonds. The van der Waals surface area contributed by atoms with Crippen molar-refractivity contribution in [2.24, 2.45) is 7.05 Å². The highest BCUT2D eigenvalue weighted by Gasteiger charge is 2.28. The van der Waals surface area contributed by atoms with Gasteiger partial charge in [-0.05, 0) is 17.0 Å². The van der Waals surface area contributed by atoms with E-state index in [-0.39, 0.29) is 29.8 Å². The summed E-state index contributed by atoms with van der Waals surface area (Å²) in [6.45, 7) is 9.34. The number of anilines is 1. The number of nitrogens with one attached hydrogen (secondary N) is 2. The minimum atomic E-state index is -0.0194. The topological polar surface area (TPSA) is 62.2 Å². The van der Waals surface area contributed by atoms with E-state index < -0.39 is 0 Å². The van der Waals surface area contributed by atoms with E-state index in [2.05, 4.69) is 47.4 Å². The Balaban J connectivity index is 0.00000261. The summed E-state index contributed by atoms with van der Waals surface area (Å²) in [5, 5.41) is 6.52. The number of hydrogen-bond acceptors (Lipinski definition) is 4. The van der Waals surface area contributed by atoms with Crippen LogP contribution in [0.3, 0.4) is 0 Å². The van der Waals surface area contributed by atoms with Crippen molar-refractivity contribution in [3.8, 4) is 0 Å². The molecule has 6 nitrogen and oxygen atoms in total. The fourth-order valence-corrected chi connectivity index (χ4v) is 3.51. The smallest absolute Gasteiger partial charge is 0.238 e. The van der Waals surface area contributed by atoms with Gasteiger partial charge in [0.05, 0.1) is 12.6 Å². The van der Waals surface area contributed by atoms with Crippen molar-refractivity contribution in [1.82, 2.24) is 19.8 Å². The molecule has 1 atom stereocenters. The van der Waals surface area contributed by atoms with Crippen LogP contribution in [0, 0.1) is 0 Å². The number of rotatable bonds is 4. The van der Waals surface area contributed by atoms with Gasteiger partial charge in [-0.2, -0.15) is 0 Å². The third-order valence-electron chi connectivity index (χ3n) is 4.87. The van der Waals surface area contributed by atoms with Crippen LogP contribution in [0.4, 0.5) is 5.69 Å². The average Bonchev–Trinajstić information content (AvgIpc) is 3.00. The fourth-order valence-electron chi connectivity index (χ4n) is 3.51. The second kappa shape index (κ2) is 8.87. The molecule has 2 aromatic rings. The van der Waals surface area contributed by atoms with E-state index in [4.69, 9.17) is 0 Å². The zero-order valence-electron chi connectivity index (χ0n) is 16.5. The Hall–Kier alpha value is -1.89. The minimum Gasteiger partial charge on any atom is -0.337 e. The number of benzene rings is 1. The number of piperazine rings is 1. The molecule has 7 heteroatoms. The predicted octanol–water partition coefficient (Wildman–Crippen LogP) is 2.72. The van der Waals surface area contributed by atoms with Gasteiger partial charge in [0.1, 0.15) is 5.82 Å². The maximum absolute atomic E-state index is 12.8. The molecule has 1 aromatic heterocycles. The van der Waals surface area contributed by atoms with Gasteiger partial charge in [0.15, 0.2) is 0 Å². The molecule has 1 aromatic carbocycles. The molecule has 0 radical (unpaired) electrons. The Kier molecular flexibility index (Phi) is 7.03. The van der Waals surface area contributed by atoms with Gasteiger partial charge >= 0.3 is 0 Å². The van der Waals surface area contributed by atoms with E-state index in [0.29, 0.717) is 6.54 Å². The second-order valence-corrected chi connectivity index (χ2v) is 7.93. The van der Waals surface area contributed by atoms with Crippen molar-refractivity contribution < 1.29 is 4.79 Å². The molecule has 0 bridgehead atoms. The standard InChI is InChI=1S/C20H29N5O.ClH/c1-20(2,3)15-7-5-6-8-16(15)23-18(26)14-25-12-9-21-13-17(25)19-22-10-11-24(19)4;/h5-8,10-11,17,21H,9,12-14H2,1-4H3,(H,23,26);1H. The van der Waals surface area contributed by atoms with Crippen LogP contribution in [0.1, 0.15) is 38.2 Å². The van der Waals surface area contributed by atoms with Gasteiger partial charge in [0, 0.05) is 44.8 Å². The van der Waals surface area contributed by atoms with Crippen LogP contribution in [-0.2, 0) is 17.3 Å². The molecule has 2 heterocycles. The molecular formula is C20H30ClN5O. The molecule has 3 rings (SSSR count). The lowest BCUT2D eigenvalue weighted by atomic mass is 9.86. The summed E-state index contributed by atoms with van der Waals surface area (Å²) in [5.41, 5.74) is 2.03. The number of imidazole rings is 1. The Bertz CT molecular complexity index is 768. The van der Waals surface area contributed by atoms with Crippen molar-refractivity contribution in [2.75, 3.05) is 31.5 Å². The van der Waals surface area contributed by atoms with Crippen LogP contribution in [0.25, 0.3) is 0 Å². The number of para-hydroxylation sites is 1. The molecule has 1 aliphatic rings. The Morgan fingerprint density at radius 3 is 2.74 bits per heavy atom. The molecule has 1 fully saturated rings. The van der Waals surface area contributed by atoms with E-state index in [1.165, 1.54) is 0 Å². The summed E-state index contributed by atoms with van der Waals surface area (Å²) in [4.78, 5) is 19.4. The second-order valence-electron chi connectivity index (χ2n) is 7.93. The van der Waals surface area contributed by atoms with Crippen molar-refractivity contribution in [2.45, 2.75) is 32.2 Å². The van der Waals surface area contributed by atoms with Crippen molar-refractivity contribution in [1.29, 1.82) is 0 Å². The third-order valence-corrected chi connectivity index (χ3v) is 4.87. The van der Waals surface area contributed by atoms with Gasteiger partial charge < -0.3 is 15.2 Å². The number of carbonyl (C=O) groups is 1. The van der Waals surface area contributed by atoms with E-state index >= 15 is 0 Å². The molecule has 1 unspecified atom stereocenters. The molecule has 0 saturated carbocycles. The Labute approximate surface area is 167 Å². The number of aromatic nitrogens is 2. The predicted molar refractivity (Wildman–Crippen MR) is 111 cm³/mol. The Morgan fingerprint density at radius 2 is 2.07 bits per heavy atom. The lowest BCUT2D eigenvalue weighted by Gasteiger charge is -2.35. The fraction of sp³-hybridized carbons (Fsp3) is 0.500. The maximum atomic E-state index is 12.8. The first kappa shape index (κ1) is 21.4. The Morgan fingerprint density at radius 1 is 1.33 bits per heavy atom. The van der Waals surface area contributed by atoms with Crippen molar-refractivity contribution in [3.63, 3.8) is 0 Å². The number of amides is 1. The molecule has 0 spiro atoms. The first-order valence-corrected chi connectivity index (χ1v) is 9.17. The van der Waals surface area contributed by atoms with E-state index in [0.717, 1.165) is 36.7 Å². The zero-order chi connectivity index (χ0) is 18.7. The summed E-state index contributed by atoms with van der Waals surface area (Å²) < 4.78 is 2.03. The zero-order valence-corrected chi connectivity index (χ0v) is 17.3. The van der Waals surface area contributed by atoms with Gasteiger partial charge in [-0.3, -0.25) is 9.69 Å². The van der Waals surface area contributed by atoms with Gasteiger partial charge in [0.25, 0.3) is 0 Å². The largest absolute Gasteiger partial charge is 0.337 e. The molecule has 2 N–H and O–H groups in total. The summed E-state index contributed by atoms with van der Waals surface area (Å²) in [6.07, 6.45) is 3.75. The highest BCUT2D eigenvalue weighted by Crippen LogP contribution is 2.29. The van der Waals surface area contributed by atoms with E-state index in [1.807, 2.05) is 42.2 Å².